The number of carboxylic acid groups (broad SMARTS) is 1. The smallest absolute Gasteiger partial charge is 0.352 e. The lowest BCUT2D eigenvalue weighted by Gasteiger charge is -2.49. The number of nitrogen functional groups attached to an aromatic ring is 1. The molecule has 0 bridgehead atoms. The van der Waals surface area contributed by atoms with Gasteiger partial charge in [0.25, 0.3) is 11.8 Å². The number of rotatable bonds is 6. The minimum absolute atomic E-state index is 0.0751. The van der Waals surface area contributed by atoms with E-state index in [9.17, 15) is 29.2 Å². The van der Waals surface area contributed by atoms with Gasteiger partial charge < -0.3 is 21.1 Å². The molecule has 0 aliphatic carbocycles. The van der Waals surface area contributed by atoms with Gasteiger partial charge in [-0.2, -0.15) is 0 Å². The number of thioether (sulfide) groups is 1. The van der Waals surface area contributed by atoms with Gasteiger partial charge in [0.1, 0.15) is 17.1 Å². The first-order chi connectivity index (χ1) is 15.2. The second-order valence-electron chi connectivity index (χ2n) is 7.34. The lowest BCUT2D eigenvalue weighted by Crippen LogP contribution is -2.70. The van der Waals surface area contributed by atoms with Crippen LogP contribution in [0.25, 0.3) is 0 Å². The van der Waals surface area contributed by atoms with Gasteiger partial charge in [0, 0.05) is 30.3 Å². The Hall–Kier alpha value is -3.26. The Bertz CT molecular complexity index is 1100. The molecule has 3 aliphatic rings. The van der Waals surface area contributed by atoms with E-state index < -0.39 is 35.2 Å². The zero-order valence-electron chi connectivity index (χ0n) is 16.7. The molecule has 2 saturated heterocycles. The van der Waals surface area contributed by atoms with Crippen molar-refractivity contribution < 1.29 is 24.3 Å². The van der Waals surface area contributed by atoms with Gasteiger partial charge in [-0.1, -0.05) is 0 Å². The molecule has 0 aromatic carbocycles. The zero-order chi connectivity index (χ0) is 23.2. The van der Waals surface area contributed by atoms with Crippen molar-refractivity contribution in [3.63, 3.8) is 0 Å². The Morgan fingerprint density at radius 2 is 2.19 bits per heavy atom. The third-order valence-corrected chi connectivity index (χ3v) is 7.35. The summed E-state index contributed by atoms with van der Waals surface area (Å²) in [5.41, 5.74) is 6.24. The van der Waals surface area contributed by atoms with Crippen LogP contribution >= 0.6 is 23.1 Å². The molecule has 32 heavy (non-hydrogen) atoms. The number of allylic oxidation sites excluding steroid dienone is 1. The fourth-order valence-electron chi connectivity index (χ4n) is 3.73. The van der Waals surface area contributed by atoms with E-state index in [-0.39, 0.29) is 28.2 Å². The number of thiazole rings is 1. The number of nitrogens with one attached hydrogen (secondary N) is 1. The number of anilines is 1. The average Bonchev–Trinajstić information content (AvgIpc) is 3.32. The lowest BCUT2D eigenvalue weighted by molar-refractivity contribution is -0.150. The second-order valence-corrected chi connectivity index (χ2v) is 9.33. The SMILES string of the molecule is CN1CCC(=CC2=C(C(=O)O)N3C(=O)[C@@H](NC(=O)C(N=O)c4csc(N)n4)[C@H]3SC2)C1=O. The van der Waals surface area contributed by atoms with Gasteiger partial charge in [-0.05, 0) is 23.2 Å². The van der Waals surface area contributed by atoms with Gasteiger partial charge in [0.15, 0.2) is 5.13 Å². The van der Waals surface area contributed by atoms with Crippen LogP contribution in [0.1, 0.15) is 18.2 Å². The molecule has 1 aromatic heterocycles. The van der Waals surface area contributed by atoms with Gasteiger partial charge >= 0.3 is 5.97 Å². The number of likely N-dealkylation sites (N-methyl/N-ethyl adjacent to an activating group) is 1. The maximum atomic E-state index is 12.8. The molecule has 4 N–H and O–H groups in total. The van der Waals surface area contributed by atoms with Crippen LogP contribution in [-0.2, 0) is 19.2 Å². The van der Waals surface area contributed by atoms with Gasteiger partial charge in [0.2, 0.25) is 11.9 Å². The third kappa shape index (κ3) is 3.64. The number of β-lactam (4-membered cyclic amide) rings is 1. The Labute approximate surface area is 189 Å². The number of carbonyl (C=O) groups excluding carboxylic acids is 3. The van der Waals surface area contributed by atoms with Crippen molar-refractivity contribution in [1.82, 2.24) is 20.1 Å². The maximum absolute atomic E-state index is 12.8. The lowest BCUT2D eigenvalue weighted by atomic mass is 10.0. The molecule has 0 radical (unpaired) electrons. The summed E-state index contributed by atoms with van der Waals surface area (Å²) in [4.78, 5) is 67.1. The third-order valence-electron chi connectivity index (χ3n) is 5.36. The Morgan fingerprint density at radius 1 is 1.44 bits per heavy atom. The molecule has 3 aliphatic heterocycles. The van der Waals surface area contributed by atoms with Crippen molar-refractivity contribution in [3.8, 4) is 0 Å². The number of carbonyl (C=O) groups is 4. The number of fused-ring (bicyclic) bond motifs is 1. The first-order valence-corrected chi connectivity index (χ1v) is 11.4. The Morgan fingerprint density at radius 3 is 2.75 bits per heavy atom. The zero-order valence-corrected chi connectivity index (χ0v) is 18.3. The van der Waals surface area contributed by atoms with E-state index in [0.717, 1.165) is 16.2 Å². The standard InChI is InChI=1S/C18H18N6O6S2/c1-23-3-2-7(14(23)26)4-8-5-31-16-11(15(27)24(16)12(8)17(28)29)21-13(25)10(22-30)9-6-32-18(19)20-9/h4,6,10-11,16H,2-3,5H2,1H3,(H2,19,20)(H,21,25)(H,28,29)/t10?,11-,16-/m1/s1. The maximum Gasteiger partial charge on any atom is 0.352 e. The average molecular weight is 479 g/mol. The quantitative estimate of drug-likeness (QED) is 0.290. The molecule has 14 heteroatoms. The summed E-state index contributed by atoms with van der Waals surface area (Å²) in [7, 11) is 1.66. The van der Waals surface area contributed by atoms with E-state index in [1.54, 1.807) is 11.9 Å². The van der Waals surface area contributed by atoms with Gasteiger partial charge in [-0.15, -0.1) is 28.0 Å². The molecule has 4 heterocycles. The monoisotopic (exact) mass is 478 g/mol. The van der Waals surface area contributed by atoms with Crippen molar-refractivity contribution in [1.29, 1.82) is 0 Å². The Balaban J connectivity index is 1.54. The summed E-state index contributed by atoms with van der Waals surface area (Å²) in [5.74, 6) is -2.69. The van der Waals surface area contributed by atoms with Crippen molar-refractivity contribution in [2.24, 2.45) is 5.18 Å². The fourth-order valence-corrected chi connectivity index (χ4v) is 5.62. The van der Waals surface area contributed by atoms with Crippen molar-refractivity contribution in [2.45, 2.75) is 23.9 Å². The number of nitrogens with zero attached hydrogens (tertiary/aromatic N) is 4. The van der Waals surface area contributed by atoms with Crippen molar-refractivity contribution >= 4 is 51.9 Å². The first-order valence-electron chi connectivity index (χ1n) is 9.43. The summed E-state index contributed by atoms with van der Waals surface area (Å²) >= 11 is 2.30. The van der Waals surface area contributed by atoms with Crippen LogP contribution in [0, 0.1) is 4.91 Å². The van der Waals surface area contributed by atoms with Gasteiger partial charge in [0.05, 0.1) is 5.69 Å². The summed E-state index contributed by atoms with van der Waals surface area (Å²) in [5, 5.41) is 15.9. The van der Waals surface area contributed by atoms with E-state index in [4.69, 9.17) is 5.73 Å². The predicted octanol–water partition coefficient (Wildman–Crippen LogP) is 0.0599. The number of likely N-dealkylation sites (tertiary alicyclic amines) is 1. The number of amides is 3. The van der Waals surface area contributed by atoms with Crippen LogP contribution in [-0.4, -0.2) is 74.3 Å². The van der Waals surface area contributed by atoms with Gasteiger partial charge in [-0.25, -0.2) is 9.78 Å². The highest BCUT2D eigenvalue weighted by Crippen LogP contribution is 2.41. The van der Waals surface area contributed by atoms with Crippen LogP contribution in [0.2, 0.25) is 0 Å². The van der Waals surface area contributed by atoms with Crippen molar-refractivity contribution in [2.75, 3.05) is 25.1 Å². The molecule has 168 valence electrons. The molecule has 1 unspecified atom stereocenters. The number of nitroso groups, excluding NO2 is 1. The van der Waals surface area contributed by atoms with Crippen LogP contribution in [0.3, 0.4) is 0 Å². The summed E-state index contributed by atoms with van der Waals surface area (Å²) < 4.78 is 0. The Kier molecular flexibility index (Phi) is 5.73. The predicted molar refractivity (Wildman–Crippen MR) is 115 cm³/mol. The second kappa shape index (κ2) is 8.35. The van der Waals surface area contributed by atoms with E-state index in [1.807, 2.05) is 0 Å². The number of carboxylic acids is 1. The van der Waals surface area contributed by atoms with E-state index in [1.165, 1.54) is 23.2 Å². The topological polar surface area (TPSA) is 175 Å². The number of hydrogen-bond acceptors (Lipinski definition) is 10. The number of aromatic nitrogens is 1. The summed E-state index contributed by atoms with van der Waals surface area (Å²) in [6, 6.07) is -2.49. The molecule has 2 fully saturated rings. The molecule has 1 aromatic rings. The molecule has 3 atom stereocenters. The molecular weight excluding hydrogens is 460 g/mol. The number of aliphatic carboxylic acids is 1. The van der Waals surface area contributed by atoms with Crippen LogP contribution < -0.4 is 11.1 Å². The normalized spacial score (nSPS) is 25.0. The minimum atomic E-state index is -1.47. The number of hydrogen-bond donors (Lipinski definition) is 3. The van der Waals surface area contributed by atoms with Crippen LogP contribution in [0.15, 0.2) is 33.5 Å². The minimum Gasteiger partial charge on any atom is -0.477 e. The van der Waals surface area contributed by atoms with E-state index >= 15 is 0 Å². The van der Waals surface area contributed by atoms with Crippen molar-refractivity contribution in [3.05, 3.63) is 38.9 Å². The van der Waals surface area contributed by atoms with E-state index in [0.29, 0.717) is 24.1 Å². The highest BCUT2D eigenvalue weighted by atomic mass is 32.2. The summed E-state index contributed by atoms with van der Waals surface area (Å²) in [6.45, 7) is 0.545. The molecule has 4 rings (SSSR count). The fraction of sp³-hybridized carbons (Fsp3) is 0.389. The molecule has 0 saturated carbocycles. The molecule has 0 spiro atoms. The first kappa shape index (κ1) is 22.0. The van der Waals surface area contributed by atoms with Crippen LogP contribution in [0.5, 0.6) is 0 Å². The molecule has 3 amide bonds. The highest BCUT2D eigenvalue weighted by Gasteiger charge is 2.54. The largest absolute Gasteiger partial charge is 0.477 e. The number of nitrogens with two attached hydrogens (primary N) is 1. The van der Waals surface area contributed by atoms with Gasteiger partial charge in [-0.3, -0.25) is 19.3 Å². The highest BCUT2D eigenvalue weighted by molar-refractivity contribution is 8.00. The van der Waals surface area contributed by atoms with E-state index in [2.05, 4.69) is 15.5 Å². The van der Waals surface area contributed by atoms with Crippen LogP contribution in [0.4, 0.5) is 5.13 Å². The molecular formula is C18H18N6O6S2. The summed E-state index contributed by atoms with van der Waals surface area (Å²) in [6.07, 6.45) is 2.03. The molecule has 12 nitrogen and oxygen atoms in total.